The molecule has 0 saturated carbocycles. The summed E-state index contributed by atoms with van der Waals surface area (Å²) in [6.45, 7) is 0. The quantitative estimate of drug-likeness (QED) is 0.669. The first-order valence-corrected chi connectivity index (χ1v) is 8.38. The first-order valence-electron chi connectivity index (χ1n) is 8.38. The van der Waals surface area contributed by atoms with E-state index in [9.17, 15) is 14.4 Å². The number of carbonyl (C=O) groups excluding carboxylic acids is 2. The van der Waals surface area contributed by atoms with Crippen LogP contribution in [-0.2, 0) is 6.42 Å². The summed E-state index contributed by atoms with van der Waals surface area (Å²) in [4.78, 5) is 38.7. The number of fused-ring (bicyclic) bond motifs is 2. The molecule has 1 unspecified atom stereocenters. The topological polar surface area (TPSA) is 118 Å². The number of nitrogens with one attached hydrogen (secondary N) is 2. The van der Waals surface area contributed by atoms with Gasteiger partial charge in [-0.05, 0) is 43.0 Å². The third-order valence-electron chi connectivity index (χ3n) is 4.67. The van der Waals surface area contributed by atoms with E-state index in [2.05, 4.69) is 10.3 Å². The summed E-state index contributed by atoms with van der Waals surface area (Å²) in [7, 11) is 0. The fourth-order valence-electron chi connectivity index (χ4n) is 3.40. The number of benzene rings is 1. The van der Waals surface area contributed by atoms with Gasteiger partial charge in [0.05, 0.1) is 6.04 Å². The number of amides is 2. The molecular weight excluding hydrogens is 334 g/mol. The third kappa shape index (κ3) is 2.77. The smallest absolute Gasteiger partial charge is 0.287 e. The van der Waals surface area contributed by atoms with Gasteiger partial charge in [0.15, 0.2) is 5.76 Å². The first kappa shape index (κ1) is 16.1. The fourth-order valence-corrected chi connectivity index (χ4v) is 3.40. The number of nitrogens with two attached hydrogens (primary N) is 1. The molecule has 26 heavy (non-hydrogen) atoms. The first-order chi connectivity index (χ1) is 12.5. The Labute approximate surface area is 148 Å². The molecule has 0 radical (unpaired) electrons. The van der Waals surface area contributed by atoms with Gasteiger partial charge >= 0.3 is 0 Å². The second kappa shape index (κ2) is 6.18. The molecule has 4 rings (SSSR count). The van der Waals surface area contributed by atoms with Crippen LogP contribution >= 0.6 is 0 Å². The van der Waals surface area contributed by atoms with Gasteiger partial charge in [0.25, 0.3) is 17.4 Å². The van der Waals surface area contributed by atoms with Gasteiger partial charge in [-0.2, -0.15) is 0 Å². The summed E-state index contributed by atoms with van der Waals surface area (Å²) in [6, 6.07) is 10.2. The van der Waals surface area contributed by atoms with E-state index in [1.165, 1.54) is 6.07 Å². The van der Waals surface area contributed by atoms with E-state index in [0.717, 1.165) is 17.5 Å². The number of furan rings is 1. The van der Waals surface area contributed by atoms with Crippen LogP contribution in [0.15, 0.2) is 45.6 Å². The van der Waals surface area contributed by atoms with Crippen LogP contribution in [0.2, 0.25) is 0 Å². The molecular formula is C19H17N3O4. The van der Waals surface area contributed by atoms with Crippen LogP contribution in [0.3, 0.4) is 0 Å². The van der Waals surface area contributed by atoms with E-state index in [1.54, 1.807) is 12.1 Å². The lowest BCUT2D eigenvalue weighted by Crippen LogP contribution is -2.34. The molecule has 1 aliphatic carbocycles. The Morgan fingerprint density at radius 2 is 2.04 bits per heavy atom. The minimum absolute atomic E-state index is 0.103. The Morgan fingerprint density at radius 3 is 2.81 bits per heavy atom. The van der Waals surface area contributed by atoms with Crippen LogP contribution < -0.4 is 16.6 Å². The zero-order valence-electron chi connectivity index (χ0n) is 13.9. The fraction of sp³-hybridized carbons (Fsp3) is 0.211. The highest BCUT2D eigenvalue weighted by atomic mass is 16.3. The minimum Gasteiger partial charge on any atom is -0.451 e. The number of rotatable bonds is 3. The number of primary amides is 1. The normalized spacial score (nSPS) is 16.2. The van der Waals surface area contributed by atoms with Crippen LogP contribution in [0.1, 0.15) is 51.1 Å². The van der Waals surface area contributed by atoms with Crippen molar-refractivity contribution in [2.45, 2.75) is 25.3 Å². The number of para-hydroxylation sites is 1. The van der Waals surface area contributed by atoms with Gasteiger partial charge in [-0.1, -0.05) is 18.2 Å². The number of hydrogen-bond acceptors (Lipinski definition) is 4. The van der Waals surface area contributed by atoms with E-state index < -0.39 is 11.5 Å². The van der Waals surface area contributed by atoms with Crippen molar-refractivity contribution in [3.63, 3.8) is 0 Å². The van der Waals surface area contributed by atoms with Crippen molar-refractivity contribution in [1.29, 1.82) is 0 Å². The highest BCUT2D eigenvalue weighted by molar-refractivity contribution is 5.96. The lowest BCUT2D eigenvalue weighted by molar-refractivity contribution is 0.0906. The number of aryl methyl sites for hydroxylation is 1. The van der Waals surface area contributed by atoms with Gasteiger partial charge in [0, 0.05) is 11.1 Å². The summed E-state index contributed by atoms with van der Waals surface area (Å²) in [6.07, 6.45) is 2.19. The van der Waals surface area contributed by atoms with E-state index >= 15 is 0 Å². The molecule has 7 heteroatoms. The summed E-state index contributed by atoms with van der Waals surface area (Å²) >= 11 is 0. The average molecular weight is 351 g/mol. The van der Waals surface area contributed by atoms with Crippen molar-refractivity contribution in [2.24, 2.45) is 5.73 Å². The summed E-state index contributed by atoms with van der Waals surface area (Å²) in [5.74, 6) is -0.911. The largest absolute Gasteiger partial charge is 0.451 e. The van der Waals surface area contributed by atoms with Crippen LogP contribution in [0.25, 0.3) is 11.0 Å². The van der Waals surface area contributed by atoms with Crippen molar-refractivity contribution >= 4 is 22.8 Å². The van der Waals surface area contributed by atoms with Crippen LogP contribution in [0, 0.1) is 0 Å². The predicted octanol–water partition coefficient (Wildman–Crippen LogP) is 2.03. The summed E-state index contributed by atoms with van der Waals surface area (Å²) in [5, 5.41) is 3.78. The lowest BCUT2D eigenvalue weighted by Gasteiger charge is -2.26. The Hall–Kier alpha value is -3.35. The third-order valence-corrected chi connectivity index (χ3v) is 4.67. The van der Waals surface area contributed by atoms with Gasteiger partial charge in [-0.25, -0.2) is 0 Å². The molecule has 1 atom stereocenters. The van der Waals surface area contributed by atoms with E-state index in [0.29, 0.717) is 24.0 Å². The molecule has 0 bridgehead atoms. The van der Waals surface area contributed by atoms with E-state index in [-0.39, 0.29) is 23.3 Å². The molecule has 2 amide bonds. The Morgan fingerprint density at radius 1 is 1.23 bits per heavy atom. The Kier molecular flexibility index (Phi) is 3.84. The molecule has 4 N–H and O–H groups in total. The standard InChI is InChI=1S/C19H17N3O4/c20-17(23)12-9-11-13(21-18(12)24)5-3-6-14(11)22-19(25)16-8-10-4-1-2-7-15(10)26-16/h1-2,4,7-9,14H,3,5-6H2,(H2,20,23)(H,21,24)(H,22,25). The van der Waals surface area contributed by atoms with Gasteiger partial charge in [-0.15, -0.1) is 0 Å². The summed E-state index contributed by atoms with van der Waals surface area (Å²) < 4.78 is 5.60. The molecule has 1 aliphatic rings. The van der Waals surface area contributed by atoms with Gasteiger partial charge < -0.3 is 20.5 Å². The van der Waals surface area contributed by atoms with Gasteiger partial charge in [-0.3, -0.25) is 14.4 Å². The SMILES string of the molecule is NC(=O)c1cc2c([nH]c1=O)CCCC2NC(=O)c1cc2ccccc2o1. The molecule has 2 heterocycles. The zero-order chi connectivity index (χ0) is 18.3. The number of H-pyrrole nitrogens is 1. The minimum atomic E-state index is -0.790. The molecule has 0 fully saturated rings. The maximum Gasteiger partial charge on any atom is 0.287 e. The second-order valence-electron chi connectivity index (χ2n) is 6.38. The maximum absolute atomic E-state index is 12.6. The number of hydrogen-bond donors (Lipinski definition) is 3. The zero-order valence-corrected chi connectivity index (χ0v) is 13.9. The van der Waals surface area contributed by atoms with E-state index in [4.69, 9.17) is 10.2 Å². The summed E-state index contributed by atoms with van der Waals surface area (Å²) in [5.41, 5.74) is 6.75. The van der Waals surface area contributed by atoms with Crippen molar-refractivity contribution in [3.05, 3.63) is 69.3 Å². The Bertz CT molecular complexity index is 1050. The second-order valence-corrected chi connectivity index (χ2v) is 6.38. The molecule has 0 aliphatic heterocycles. The van der Waals surface area contributed by atoms with Crippen molar-refractivity contribution in [3.8, 4) is 0 Å². The molecule has 0 saturated heterocycles. The monoisotopic (exact) mass is 351 g/mol. The highest BCUT2D eigenvalue weighted by Crippen LogP contribution is 2.29. The van der Waals surface area contributed by atoms with Gasteiger partial charge in [0.1, 0.15) is 11.1 Å². The predicted molar refractivity (Wildman–Crippen MR) is 94.9 cm³/mol. The molecule has 1 aromatic carbocycles. The van der Waals surface area contributed by atoms with Crippen LogP contribution in [0.5, 0.6) is 0 Å². The Balaban J connectivity index is 1.65. The van der Waals surface area contributed by atoms with E-state index in [1.807, 2.05) is 18.2 Å². The highest BCUT2D eigenvalue weighted by Gasteiger charge is 2.26. The number of aromatic nitrogens is 1. The van der Waals surface area contributed by atoms with Crippen molar-refractivity contribution in [1.82, 2.24) is 10.3 Å². The maximum atomic E-state index is 12.6. The van der Waals surface area contributed by atoms with Crippen LogP contribution in [-0.4, -0.2) is 16.8 Å². The van der Waals surface area contributed by atoms with Crippen molar-refractivity contribution < 1.29 is 14.0 Å². The number of pyridine rings is 1. The molecule has 3 aromatic rings. The number of aromatic amines is 1. The molecule has 7 nitrogen and oxygen atoms in total. The van der Waals surface area contributed by atoms with Crippen molar-refractivity contribution in [2.75, 3.05) is 0 Å². The molecule has 2 aromatic heterocycles. The van der Waals surface area contributed by atoms with Gasteiger partial charge in [0.2, 0.25) is 0 Å². The molecule has 0 spiro atoms. The molecule has 132 valence electrons. The number of carbonyl (C=O) groups is 2. The van der Waals surface area contributed by atoms with Crippen LogP contribution in [0.4, 0.5) is 0 Å². The lowest BCUT2D eigenvalue weighted by atomic mass is 9.90. The average Bonchev–Trinajstić information content (AvgIpc) is 3.05.